The van der Waals surface area contributed by atoms with Crippen LogP contribution >= 0.6 is 0 Å². The molecule has 0 saturated carbocycles. The number of phenols is 3. The van der Waals surface area contributed by atoms with Gasteiger partial charge in [0.1, 0.15) is 65.2 Å². The van der Waals surface area contributed by atoms with Gasteiger partial charge in [0.05, 0.1) is 6.61 Å². The first-order valence-corrected chi connectivity index (χ1v) is 13.2. The zero-order valence-corrected chi connectivity index (χ0v) is 22.6. The van der Waals surface area contributed by atoms with E-state index in [1.807, 2.05) is 0 Å². The van der Waals surface area contributed by atoms with Gasteiger partial charge >= 0.3 is 5.97 Å². The predicted octanol–water partition coefficient (Wildman–Crippen LogP) is -2.97. The Morgan fingerprint density at radius 1 is 0.756 bits per heavy atom. The fraction of sp³-hybridized carbons (Fsp3) is 0.407. The van der Waals surface area contributed by atoms with Crippen molar-refractivity contribution in [3.8, 4) is 40.1 Å². The summed E-state index contributed by atoms with van der Waals surface area (Å²) in [4.78, 5) is 25.3. The maximum Gasteiger partial charge on any atom is 0.335 e. The number of aliphatic carboxylic acids is 1. The number of hydrogen-bond acceptors (Lipinski definition) is 17. The van der Waals surface area contributed by atoms with Crippen LogP contribution in [0.5, 0.6) is 28.7 Å². The first kappa shape index (κ1) is 32.2. The molecule has 10 atom stereocenters. The van der Waals surface area contributed by atoms with Crippen molar-refractivity contribution in [2.45, 2.75) is 61.4 Å². The Morgan fingerprint density at radius 3 is 2.02 bits per heavy atom. The number of aromatic hydroxyl groups is 3. The molecule has 3 aromatic rings. The Morgan fingerprint density at radius 2 is 1.40 bits per heavy atom. The van der Waals surface area contributed by atoms with Gasteiger partial charge in [-0.2, -0.15) is 0 Å². The maximum absolute atomic E-state index is 13.7. The van der Waals surface area contributed by atoms with Crippen LogP contribution in [0.3, 0.4) is 0 Å². The second-order valence-corrected chi connectivity index (χ2v) is 10.3. The van der Waals surface area contributed by atoms with Gasteiger partial charge in [-0.25, -0.2) is 4.79 Å². The minimum Gasteiger partial charge on any atom is -0.507 e. The number of ether oxygens (including phenoxy) is 4. The lowest BCUT2D eigenvalue weighted by Gasteiger charge is -2.39. The molecule has 0 radical (unpaired) electrons. The van der Waals surface area contributed by atoms with Crippen LogP contribution in [-0.4, -0.2) is 130 Å². The molecular weight excluding hydrogens is 612 g/mol. The number of aliphatic hydroxyl groups excluding tert-OH is 7. The standard InChI is InChI=1S/C27H28O18/c28-6-13-15(32)17(34)20(37)26(43-13)41-8-4-11(31)14-12(5-8)42-22(7-1-2-9(29)10(30)3-7)23(16(14)33)44-27-21(38)18(35)19(36)24(45-27)25(39)40/h1-5,13,15,17-21,24,26-32,34-38H,6H2,(H,39,40). The second-order valence-electron chi connectivity index (χ2n) is 10.3. The van der Waals surface area contributed by atoms with E-state index < -0.39 is 119 Å². The average molecular weight is 641 g/mol. The summed E-state index contributed by atoms with van der Waals surface area (Å²) >= 11 is 0. The maximum atomic E-state index is 13.7. The van der Waals surface area contributed by atoms with Crippen LogP contribution in [0.1, 0.15) is 0 Å². The zero-order chi connectivity index (χ0) is 32.9. The zero-order valence-electron chi connectivity index (χ0n) is 22.6. The lowest BCUT2D eigenvalue weighted by molar-refractivity contribution is -0.277. The Bertz CT molecular complexity index is 1640. The lowest BCUT2D eigenvalue weighted by Crippen LogP contribution is -2.61. The third kappa shape index (κ3) is 5.81. The number of aliphatic hydroxyl groups is 7. The smallest absolute Gasteiger partial charge is 0.335 e. The topological polar surface area (TPSA) is 307 Å². The summed E-state index contributed by atoms with van der Waals surface area (Å²) in [6.45, 7) is -0.753. The van der Waals surface area contributed by atoms with Crippen molar-refractivity contribution in [3.63, 3.8) is 0 Å². The molecule has 0 aliphatic carbocycles. The quantitative estimate of drug-likeness (QED) is 0.115. The number of fused-ring (bicyclic) bond motifs is 1. The van der Waals surface area contributed by atoms with Crippen LogP contribution in [0.4, 0.5) is 0 Å². The highest BCUT2D eigenvalue weighted by Crippen LogP contribution is 2.40. The van der Waals surface area contributed by atoms with Crippen LogP contribution in [0.25, 0.3) is 22.3 Å². The SMILES string of the molecule is O=C(O)C1OC(Oc2c(-c3ccc(O)c(O)c3)oc3cc(OC4OC(CO)C(O)C(O)C4O)cc(O)c3c2=O)C(O)C(O)C1O. The van der Waals surface area contributed by atoms with Gasteiger partial charge in [-0.1, -0.05) is 0 Å². The Balaban J connectivity index is 1.61. The Labute approximate surface area is 250 Å². The molecule has 2 aliphatic heterocycles. The monoisotopic (exact) mass is 640 g/mol. The first-order valence-electron chi connectivity index (χ1n) is 13.2. The third-order valence-corrected chi connectivity index (χ3v) is 7.29. The number of rotatable bonds is 7. The van der Waals surface area contributed by atoms with Crippen LogP contribution in [0, 0.1) is 0 Å². The molecule has 244 valence electrons. The van der Waals surface area contributed by atoms with Crippen LogP contribution < -0.4 is 14.9 Å². The van der Waals surface area contributed by atoms with Crippen LogP contribution in [0.2, 0.25) is 0 Å². The van der Waals surface area contributed by atoms with E-state index in [2.05, 4.69) is 0 Å². The Hall–Kier alpha value is -4.24. The normalized spacial score (nSPS) is 31.9. The van der Waals surface area contributed by atoms with Crippen molar-refractivity contribution in [3.05, 3.63) is 40.6 Å². The third-order valence-electron chi connectivity index (χ3n) is 7.29. The van der Waals surface area contributed by atoms with Gasteiger partial charge in [0, 0.05) is 17.7 Å². The van der Waals surface area contributed by atoms with Gasteiger partial charge in [-0.05, 0) is 18.2 Å². The molecule has 1 aromatic heterocycles. The molecule has 3 heterocycles. The van der Waals surface area contributed by atoms with E-state index in [-0.39, 0.29) is 11.3 Å². The highest BCUT2D eigenvalue weighted by atomic mass is 16.7. The van der Waals surface area contributed by atoms with Crippen molar-refractivity contribution in [1.29, 1.82) is 0 Å². The van der Waals surface area contributed by atoms with Gasteiger partial charge in [0.2, 0.25) is 23.8 Å². The second kappa shape index (κ2) is 12.3. The summed E-state index contributed by atoms with van der Waals surface area (Å²) in [5.41, 5.74) is -1.71. The molecule has 5 rings (SSSR count). The highest BCUT2D eigenvalue weighted by Gasteiger charge is 2.49. The molecule has 18 nitrogen and oxygen atoms in total. The molecule has 0 amide bonds. The molecule has 2 aromatic carbocycles. The van der Waals surface area contributed by atoms with E-state index in [1.54, 1.807) is 0 Å². The molecular formula is C27H28O18. The van der Waals surface area contributed by atoms with Crippen LogP contribution in [-0.2, 0) is 14.3 Å². The summed E-state index contributed by atoms with van der Waals surface area (Å²) in [5, 5.41) is 110. The molecule has 45 heavy (non-hydrogen) atoms. The van der Waals surface area contributed by atoms with Gasteiger partial charge < -0.3 is 79.5 Å². The number of benzene rings is 2. The van der Waals surface area contributed by atoms with E-state index in [1.165, 1.54) is 0 Å². The van der Waals surface area contributed by atoms with E-state index in [9.17, 15) is 65.8 Å². The summed E-state index contributed by atoms with van der Waals surface area (Å²) < 4.78 is 27.2. The fourth-order valence-corrected chi connectivity index (χ4v) is 4.85. The number of carboxylic acid groups (broad SMARTS) is 1. The molecule has 0 spiro atoms. The number of hydrogen-bond donors (Lipinski definition) is 11. The summed E-state index contributed by atoms with van der Waals surface area (Å²) in [5.74, 6) is -5.46. The van der Waals surface area contributed by atoms with Gasteiger partial charge in [-0.15, -0.1) is 0 Å². The summed E-state index contributed by atoms with van der Waals surface area (Å²) in [6.07, 6.45) is -18.8. The highest BCUT2D eigenvalue weighted by molar-refractivity contribution is 5.88. The van der Waals surface area contributed by atoms with Gasteiger partial charge in [-0.3, -0.25) is 4.79 Å². The minimum atomic E-state index is -2.10. The molecule has 18 heteroatoms. The van der Waals surface area contributed by atoms with Crippen molar-refractivity contribution < 1.29 is 84.3 Å². The number of carboxylic acids is 1. The molecule has 10 unspecified atom stereocenters. The van der Waals surface area contributed by atoms with E-state index in [0.29, 0.717) is 0 Å². The first-order chi connectivity index (χ1) is 21.2. The fourth-order valence-electron chi connectivity index (χ4n) is 4.85. The molecule has 0 bridgehead atoms. The van der Waals surface area contributed by atoms with Crippen molar-refractivity contribution in [1.82, 2.24) is 0 Å². The van der Waals surface area contributed by atoms with Crippen molar-refractivity contribution >= 4 is 16.9 Å². The number of carbonyl (C=O) groups is 1. The summed E-state index contributed by atoms with van der Waals surface area (Å²) in [6, 6.07) is 5.04. The average Bonchev–Trinajstić information content (AvgIpc) is 2.99. The van der Waals surface area contributed by atoms with Crippen molar-refractivity contribution in [2.75, 3.05) is 6.61 Å². The number of phenolic OH excluding ortho intramolecular Hbond substituents is 3. The minimum absolute atomic E-state index is 0.139. The summed E-state index contributed by atoms with van der Waals surface area (Å²) in [7, 11) is 0. The molecule has 2 saturated heterocycles. The molecule has 11 N–H and O–H groups in total. The Kier molecular flexibility index (Phi) is 8.77. The lowest BCUT2D eigenvalue weighted by atomic mass is 9.99. The predicted molar refractivity (Wildman–Crippen MR) is 142 cm³/mol. The van der Waals surface area contributed by atoms with E-state index in [4.69, 9.17) is 23.4 Å². The molecule has 2 fully saturated rings. The largest absolute Gasteiger partial charge is 0.507 e. The van der Waals surface area contributed by atoms with Crippen molar-refractivity contribution in [2.24, 2.45) is 0 Å². The van der Waals surface area contributed by atoms with E-state index in [0.717, 1.165) is 30.3 Å². The van der Waals surface area contributed by atoms with E-state index >= 15 is 0 Å². The van der Waals surface area contributed by atoms with Gasteiger partial charge in [0.15, 0.2) is 23.4 Å². The van der Waals surface area contributed by atoms with Crippen LogP contribution in [0.15, 0.2) is 39.5 Å². The molecule has 2 aliphatic rings. The van der Waals surface area contributed by atoms with Gasteiger partial charge in [0.25, 0.3) is 0 Å².